The van der Waals surface area contributed by atoms with Gasteiger partial charge in [-0.05, 0) is 25.1 Å². The molecule has 0 spiro atoms. The Morgan fingerprint density at radius 1 is 1.05 bits per heavy atom. The zero-order chi connectivity index (χ0) is 14.5. The van der Waals surface area contributed by atoms with E-state index in [0.29, 0.717) is 11.3 Å². The van der Waals surface area contributed by atoms with E-state index in [4.69, 9.17) is 4.74 Å². The molecular formula is C15H16N2O3. The van der Waals surface area contributed by atoms with E-state index >= 15 is 0 Å². The van der Waals surface area contributed by atoms with Crippen LogP contribution in [0.1, 0.15) is 11.1 Å². The summed E-state index contributed by atoms with van der Waals surface area (Å²) in [5.74, 6) is 0.179. The van der Waals surface area contributed by atoms with Crippen LogP contribution >= 0.6 is 0 Å². The lowest BCUT2D eigenvalue weighted by atomic mass is 10.1. The summed E-state index contributed by atoms with van der Waals surface area (Å²) < 4.78 is 5.03. The number of hydrogen-bond donors (Lipinski definition) is 2. The summed E-state index contributed by atoms with van der Waals surface area (Å²) in [4.78, 5) is 0. The molecule has 0 aliphatic heterocycles. The van der Waals surface area contributed by atoms with Gasteiger partial charge in [-0.25, -0.2) is 0 Å². The van der Waals surface area contributed by atoms with Crippen molar-refractivity contribution >= 4 is 11.4 Å². The van der Waals surface area contributed by atoms with Crippen molar-refractivity contribution in [3.05, 3.63) is 47.5 Å². The average Bonchev–Trinajstić information content (AvgIpc) is 2.47. The van der Waals surface area contributed by atoms with Crippen LogP contribution in [0.2, 0.25) is 0 Å². The Hall–Kier alpha value is -2.40. The van der Waals surface area contributed by atoms with Crippen molar-refractivity contribution in [3.8, 4) is 11.5 Å². The Bertz CT molecular complexity index is 597. The van der Waals surface area contributed by atoms with Crippen LogP contribution in [-0.2, 0) is 6.61 Å². The Morgan fingerprint density at radius 3 is 2.30 bits per heavy atom. The molecule has 0 radical (unpaired) electrons. The van der Waals surface area contributed by atoms with E-state index < -0.39 is 0 Å². The van der Waals surface area contributed by atoms with E-state index in [1.165, 1.54) is 7.11 Å². The fourth-order valence-corrected chi connectivity index (χ4v) is 1.71. The first-order valence-corrected chi connectivity index (χ1v) is 6.13. The summed E-state index contributed by atoms with van der Waals surface area (Å²) in [7, 11) is 1.44. The number of azo groups is 1. The first-order valence-electron chi connectivity index (χ1n) is 6.13. The number of aryl methyl sites for hydroxylation is 1. The minimum Gasteiger partial charge on any atom is -0.504 e. The Balaban J connectivity index is 2.31. The molecule has 5 nitrogen and oxygen atoms in total. The SMILES string of the molecule is COc1cc(N=Nc2ccc(C)cc2)cc(CO)c1O. The van der Waals surface area contributed by atoms with Gasteiger partial charge in [-0.1, -0.05) is 17.7 Å². The van der Waals surface area contributed by atoms with Gasteiger partial charge in [-0.2, -0.15) is 10.2 Å². The van der Waals surface area contributed by atoms with E-state index in [0.717, 1.165) is 11.3 Å². The Morgan fingerprint density at radius 2 is 1.70 bits per heavy atom. The molecular weight excluding hydrogens is 256 g/mol. The minimum absolute atomic E-state index is 0.0794. The number of aliphatic hydroxyl groups is 1. The number of aromatic hydroxyl groups is 1. The molecule has 0 heterocycles. The molecule has 104 valence electrons. The third-order valence-corrected chi connectivity index (χ3v) is 2.84. The monoisotopic (exact) mass is 272 g/mol. The van der Waals surface area contributed by atoms with Crippen LogP contribution in [0.4, 0.5) is 11.4 Å². The van der Waals surface area contributed by atoms with Crippen LogP contribution in [0.5, 0.6) is 11.5 Å². The molecule has 0 unspecified atom stereocenters. The maximum absolute atomic E-state index is 9.77. The third kappa shape index (κ3) is 3.13. The fraction of sp³-hybridized carbons (Fsp3) is 0.200. The molecule has 0 aliphatic carbocycles. The van der Waals surface area contributed by atoms with Gasteiger partial charge in [-0.15, -0.1) is 0 Å². The summed E-state index contributed by atoms with van der Waals surface area (Å²) in [5.41, 5.74) is 2.73. The molecule has 0 saturated heterocycles. The van der Waals surface area contributed by atoms with Crippen molar-refractivity contribution in [3.63, 3.8) is 0 Å². The van der Waals surface area contributed by atoms with E-state index in [1.807, 2.05) is 31.2 Å². The lowest BCUT2D eigenvalue weighted by Crippen LogP contribution is -1.89. The van der Waals surface area contributed by atoms with Crippen molar-refractivity contribution in [2.45, 2.75) is 13.5 Å². The summed E-state index contributed by atoms with van der Waals surface area (Å²) in [6.45, 7) is 1.70. The van der Waals surface area contributed by atoms with E-state index in [-0.39, 0.29) is 18.1 Å². The number of nitrogens with zero attached hydrogens (tertiary/aromatic N) is 2. The zero-order valence-corrected chi connectivity index (χ0v) is 11.4. The van der Waals surface area contributed by atoms with Crippen LogP contribution in [-0.4, -0.2) is 17.3 Å². The average molecular weight is 272 g/mol. The summed E-state index contributed by atoms with van der Waals surface area (Å²) in [5, 5.41) is 27.2. The van der Waals surface area contributed by atoms with Crippen molar-refractivity contribution < 1.29 is 14.9 Å². The molecule has 0 aromatic heterocycles. The van der Waals surface area contributed by atoms with Crippen LogP contribution in [0.15, 0.2) is 46.6 Å². The van der Waals surface area contributed by atoms with Crippen LogP contribution < -0.4 is 4.74 Å². The molecule has 20 heavy (non-hydrogen) atoms. The number of ether oxygens (including phenoxy) is 1. The van der Waals surface area contributed by atoms with Crippen molar-refractivity contribution in [1.82, 2.24) is 0 Å². The van der Waals surface area contributed by atoms with Crippen LogP contribution in [0.25, 0.3) is 0 Å². The first-order chi connectivity index (χ1) is 9.63. The van der Waals surface area contributed by atoms with Gasteiger partial charge in [0.15, 0.2) is 11.5 Å². The summed E-state index contributed by atoms with van der Waals surface area (Å²) >= 11 is 0. The lowest BCUT2D eigenvalue weighted by Gasteiger charge is -2.07. The van der Waals surface area contributed by atoms with Crippen LogP contribution in [0.3, 0.4) is 0 Å². The molecule has 2 N–H and O–H groups in total. The second-order valence-electron chi connectivity index (χ2n) is 4.35. The maximum atomic E-state index is 9.77. The summed E-state index contributed by atoms with van der Waals surface area (Å²) in [6.07, 6.45) is 0. The van der Waals surface area contributed by atoms with Gasteiger partial charge in [0.05, 0.1) is 25.1 Å². The normalized spacial score (nSPS) is 10.9. The third-order valence-electron chi connectivity index (χ3n) is 2.84. The van der Waals surface area contributed by atoms with Crippen molar-refractivity contribution in [1.29, 1.82) is 0 Å². The predicted molar refractivity (Wildman–Crippen MR) is 75.9 cm³/mol. The molecule has 0 saturated carbocycles. The molecule has 0 atom stereocenters. The number of benzene rings is 2. The number of aliphatic hydroxyl groups excluding tert-OH is 1. The maximum Gasteiger partial charge on any atom is 0.163 e. The van der Waals surface area contributed by atoms with Gasteiger partial charge < -0.3 is 14.9 Å². The predicted octanol–water partition coefficient (Wildman–Crippen LogP) is 3.62. The Labute approximate surface area is 117 Å². The highest BCUT2D eigenvalue weighted by molar-refractivity contribution is 5.56. The second-order valence-corrected chi connectivity index (χ2v) is 4.35. The van der Waals surface area contributed by atoms with E-state index in [2.05, 4.69) is 10.2 Å². The first kappa shape index (κ1) is 14.0. The molecule has 2 aromatic carbocycles. The molecule has 5 heteroatoms. The van der Waals surface area contributed by atoms with Crippen molar-refractivity contribution in [2.24, 2.45) is 10.2 Å². The van der Waals surface area contributed by atoms with Gasteiger partial charge in [0.25, 0.3) is 0 Å². The lowest BCUT2D eigenvalue weighted by molar-refractivity contribution is 0.272. The van der Waals surface area contributed by atoms with Gasteiger partial charge in [0.2, 0.25) is 0 Å². The molecule has 0 amide bonds. The minimum atomic E-state index is -0.296. The largest absolute Gasteiger partial charge is 0.504 e. The fourth-order valence-electron chi connectivity index (χ4n) is 1.71. The highest BCUT2D eigenvalue weighted by Crippen LogP contribution is 2.35. The topological polar surface area (TPSA) is 74.4 Å². The number of methoxy groups -OCH3 is 1. The quantitative estimate of drug-likeness (QED) is 0.835. The van der Waals surface area contributed by atoms with Gasteiger partial charge in [0, 0.05) is 11.6 Å². The molecule has 0 bridgehead atoms. The standard InChI is InChI=1S/C15H16N2O3/c1-10-3-5-12(6-4-10)16-17-13-7-11(9-18)15(19)14(8-13)20-2/h3-8,18-19H,9H2,1-2H3. The van der Waals surface area contributed by atoms with E-state index in [1.54, 1.807) is 12.1 Å². The molecule has 0 aliphatic rings. The number of rotatable bonds is 4. The van der Waals surface area contributed by atoms with Gasteiger partial charge >= 0.3 is 0 Å². The molecule has 2 rings (SSSR count). The second kappa shape index (κ2) is 6.16. The highest BCUT2D eigenvalue weighted by atomic mass is 16.5. The zero-order valence-electron chi connectivity index (χ0n) is 11.4. The Kier molecular flexibility index (Phi) is 4.32. The van der Waals surface area contributed by atoms with E-state index in [9.17, 15) is 10.2 Å². The van der Waals surface area contributed by atoms with Crippen LogP contribution in [0, 0.1) is 6.92 Å². The van der Waals surface area contributed by atoms with Crippen molar-refractivity contribution in [2.75, 3.05) is 7.11 Å². The van der Waals surface area contributed by atoms with Gasteiger partial charge in [0.1, 0.15) is 0 Å². The number of phenols is 1. The molecule has 2 aromatic rings. The van der Waals surface area contributed by atoms with Gasteiger partial charge in [-0.3, -0.25) is 0 Å². The molecule has 0 fully saturated rings. The summed E-state index contributed by atoms with van der Waals surface area (Å²) in [6, 6.07) is 10.8. The smallest absolute Gasteiger partial charge is 0.163 e. The highest BCUT2D eigenvalue weighted by Gasteiger charge is 2.09. The number of hydrogen-bond acceptors (Lipinski definition) is 5.